The lowest BCUT2D eigenvalue weighted by molar-refractivity contribution is -0.244. The molecule has 8 heteroatoms. The number of hydrogen-bond donors (Lipinski definition) is 0. The molecule has 0 radical (unpaired) electrons. The van der Waals surface area contributed by atoms with E-state index in [4.69, 9.17) is 18.9 Å². The van der Waals surface area contributed by atoms with Crippen molar-refractivity contribution in [1.82, 2.24) is 9.80 Å². The first-order valence-electron chi connectivity index (χ1n) is 20.0. The maximum atomic E-state index is 12.8. The molecule has 12 atom stereocenters. The van der Waals surface area contributed by atoms with Crippen LogP contribution < -0.4 is 0 Å². The third-order valence-electron chi connectivity index (χ3n) is 16.1. The van der Waals surface area contributed by atoms with Crippen molar-refractivity contribution in [2.45, 2.75) is 150 Å². The van der Waals surface area contributed by atoms with E-state index in [1.807, 2.05) is 23.6 Å². The number of likely N-dealkylation sites (tertiary alicyclic amines) is 1. The monoisotopic (exact) mass is 668 g/mol. The molecule has 8 fully saturated rings. The van der Waals surface area contributed by atoms with Crippen LogP contribution in [0.3, 0.4) is 0 Å². The smallest absolute Gasteiger partial charge is 0.410 e. The highest BCUT2D eigenvalue weighted by molar-refractivity contribution is 5.78. The third kappa shape index (κ3) is 4.98. The molecule has 8 aliphatic rings. The second-order valence-corrected chi connectivity index (χ2v) is 19.1. The minimum Gasteiger partial charge on any atom is -0.443 e. The van der Waals surface area contributed by atoms with E-state index >= 15 is 0 Å². The average molecular weight is 669 g/mol. The molecule has 3 aliphatic heterocycles. The summed E-state index contributed by atoms with van der Waals surface area (Å²) in [6.45, 7) is 19.4. The first-order valence-corrected chi connectivity index (χ1v) is 20.0. The molecule has 5 aliphatic carbocycles. The zero-order valence-corrected chi connectivity index (χ0v) is 31.0. The summed E-state index contributed by atoms with van der Waals surface area (Å²) in [5.41, 5.74) is 1.39. The molecule has 2 amide bonds. The molecule has 270 valence electrons. The number of amides is 2. The molecule has 0 aromatic carbocycles. The number of carbonyl (C=O) groups excluding carboxylic acids is 2. The van der Waals surface area contributed by atoms with Crippen LogP contribution in [0.25, 0.3) is 0 Å². The number of ether oxygens (including phenoxy) is 4. The molecule has 8 nitrogen and oxygen atoms in total. The fourth-order valence-electron chi connectivity index (χ4n) is 13.5. The molecule has 2 spiro atoms. The predicted molar refractivity (Wildman–Crippen MR) is 183 cm³/mol. The van der Waals surface area contributed by atoms with E-state index in [0.717, 1.165) is 44.2 Å². The summed E-state index contributed by atoms with van der Waals surface area (Å²) in [4.78, 5) is 29.4. The first kappa shape index (κ1) is 33.7. The van der Waals surface area contributed by atoms with Crippen LogP contribution in [0.15, 0.2) is 0 Å². The van der Waals surface area contributed by atoms with E-state index in [-0.39, 0.29) is 53.9 Å². The van der Waals surface area contributed by atoms with Crippen molar-refractivity contribution in [3.63, 3.8) is 0 Å². The maximum absolute atomic E-state index is 12.8. The van der Waals surface area contributed by atoms with Crippen molar-refractivity contribution < 1.29 is 28.5 Å². The third-order valence-corrected chi connectivity index (χ3v) is 16.1. The highest BCUT2D eigenvalue weighted by Gasteiger charge is 2.80. The molecule has 11 unspecified atom stereocenters. The Morgan fingerprint density at radius 2 is 1.60 bits per heavy atom. The van der Waals surface area contributed by atoms with Gasteiger partial charge >= 0.3 is 6.09 Å². The van der Waals surface area contributed by atoms with Gasteiger partial charge < -0.3 is 28.7 Å². The molecule has 8 rings (SSSR count). The minimum absolute atomic E-state index is 0.00162. The van der Waals surface area contributed by atoms with Gasteiger partial charge in [-0.05, 0) is 122 Å². The fraction of sp³-hybridized carbons (Fsp3) is 0.950. The van der Waals surface area contributed by atoms with Gasteiger partial charge in [0.1, 0.15) is 6.10 Å². The summed E-state index contributed by atoms with van der Waals surface area (Å²) >= 11 is 0. The summed E-state index contributed by atoms with van der Waals surface area (Å²) in [5.74, 6) is 3.29. The first-order chi connectivity index (χ1) is 22.8. The molecule has 0 N–H and O–H groups in total. The summed E-state index contributed by atoms with van der Waals surface area (Å²) < 4.78 is 26.1. The van der Waals surface area contributed by atoms with E-state index in [9.17, 15) is 9.59 Å². The van der Waals surface area contributed by atoms with Gasteiger partial charge in [0.15, 0.2) is 6.29 Å². The Morgan fingerprint density at radius 1 is 0.833 bits per heavy atom. The van der Waals surface area contributed by atoms with Gasteiger partial charge in [-0.25, -0.2) is 4.79 Å². The van der Waals surface area contributed by atoms with Crippen molar-refractivity contribution in [3.8, 4) is 0 Å². The molecule has 5 saturated carbocycles. The fourth-order valence-corrected chi connectivity index (χ4v) is 13.5. The standard InChI is InChI=1S/C40H64N2O6/c1-24(2)34(48-36(44)41-17-8-18-41)29-11-9-27-30(46-29)21-28-26-10-12-31-37(5,6)32(47-33-22-42(19-20-45-33)35(43)25(3)4)13-14-40(31)23-39(26,40)16-15-38(27,28)7/h24-34H,8-23H2,1-7H3/t26?,27?,28?,29?,30?,31?,32?,33?,34-,38?,39?,40?/m1/s1. The number of hydrogen-bond acceptors (Lipinski definition) is 6. The lowest BCUT2D eigenvalue weighted by Gasteiger charge is -2.60. The van der Waals surface area contributed by atoms with Gasteiger partial charge in [-0.3, -0.25) is 4.79 Å². The molecule has 0 aromatic heterocycles. The van der Waals surface area contributed by atoms with E-state index < -0.39 is 0 Å². The lowest BCUT2D eigenvalue weighted by Crippen LogP contribution is -2.56. The minimum atomic E-state index is -0.320. The molecule has 0 bridgehead atoms. The summed E-state index contributed by atoms with van der Waals surface area (Å²) in [5, 5.41) is 0. The molecule has 3 saturated heterocycles. The molecule has 3 heterocycles. The average Bonchev–Trinajstić information content (AvgIpc) is 3.59. The van der Waals surface area contributed by atoms with Crippen LogP contribution in [0, 0.1) is 57.2 Å². The van der Waals surface area contributed by atoms with Gasteiger partial charge in [-0.15, -0.1) is 0 Å². The van der Waals surface area contributed by atoms with Gasteiger partial charge in [0.2, 0.25) is 5.91 Å². The van der Waals surface area contributed by atoms with Crippen LogP contribution in [0.1, 0.15) is 119 Å². The number of fused-ring (bicyclic) bond motifs is 4. The second-order valence-electron chi connectivity index (χ2n) is 19.1. The van der Waals surface area contributed by atoms with E-state index in [1.54, 1.807) is 0 Å². The summed E-state index contributed by atoms with van der Waals surface area (Å²) in [6.07, 6.45) is 13.5. The predicted octanol–water partition coefficient (Wildman–Crippen LogP) is 7.29. The Balaban J connectivity index is 0.946. The maximum Gasteiger partial charge on any atom is 0.410 e. The van der Waals surface area contributed by atoms with Crippen molar-refractivity contribution >= 4 is 12.0 Å². The summed E-state index contributed by atoms with van der Waals surface area (Å²) in [6, 6.07) is 0. The highest BCUT2D eigenvalue weighted by Crippen LogP contribution is 2.87. The van der Waals surface area contributed by atoms with Gasteiger partial charge in [0.25, 0.3) is 0 Å². The van der Waals surface area contributed by atoms with Crippen LogP contribution in [0.5, 0.6) is 0 Å². The van der Waals surface area contributed by atoms with Crippen LogP contribution >= 0.6 is 0 Å². The van der Waals surface area contributed by atoms with Crippen molar-refractivity contribution in [2.24, 2.45) is 57.2 Å². The number of morpholine rings is 1. The van der Waals surface area contributed by atoms with Crippen LogP contribution in [0.4, 0.5) is 4.79 Å². The van der Waals surface area contributed by atoms with Crippen LogP contribution in [0.2, 0.25) is 0 Å². The Bertz CT molecular complexity index is 1270. The molecule has 48 heavy (non-hydrogen) atoms. The largest absolute Gasteiger partial charge is 0.443 e. The Hall–Kier alpha value is -1.38. The van der Waals surface area contributed by atoms with Crippen LogP contribution in [-0.4, -0.2) is 85.3 Å². The van der Waals surface area contributed by atoms with Crippen molar-refractivity contribution in [1.29, 1.82) is 0 Å². The van der Waals surface area contributed by atoms with Gasteiger partial charge in [-0.2, -0.15) is 0 Å². The summed E-state index contributed by atoms with van der Waals surface area (Å²) in [7, 11) is 0. The van der Waals surface area contributed by atoms with Crippen LogP contribution in [-0.2, 0) is 23.7 Å². The Morgan fingerprint density at radius 3 is 2.31 bits per heavy atom. The topological polar surface area (TPSA) is 77.5 Å². The number of carbonyl (C=O) groups is 2. The Labute approximate surface area is 289 Å². The number of nitrogens with zero attached hydrogens (tertiary/aromatic N) is 2. The van der Waals surface area contributed by atoms with E-state index in [1.165, 1.54) is 51.4 Å². The van der Waals surface area contributed by atoms with Gasteiger partial charge in [-0.1, -0.05) is 48.5 Å². The lowest BCUT2D eigenvalue weighted by atomic mass is 9.46. The highest BCUT2D eigenvalue weighted by atomic mass is 16.7. The van der Waals surface area contributed by atoms with E-state index in [2.05, 4.69) is 34.6 Å². The Kier molecular flexibility index (Phi) is 8.32. The van der Waals surface area contributed by atoms with Gasteiger partial charge in [0.05, 0.1) is 31.5 Å². The number of rotatable bonds is 6. The molecular weight excluding hydrogens is 604 g/mol. The molecule has 0 aromatic rings. The molecular formula is C40H64N2O6. The van der Waals surface area contributed by atoms with E-state index in [0.29, 0.717) is 53.9 Å². The quantitative estimate of drug-likeness (QED) is 0.296. The van der Waals surface area contributed by atoms with Crippen molar-refractivity contribution in [3.05, 3.63) is 0 Å². The zero-order chi connectivity index (χ0) is 33.8. The zero-order valence-electron chi connectivity index (χ0n) is 31.0. The SMILES string of the molecule is CC(C)C(=O)N1CCOC(OC2CCC34CC35CCC3(C)C6CCC([C@H](OC(=O)N7CCC7)C(C)C)OC6CC3C5CCC4C2(C)C)C1. The van der Waals surface area contributed by atoms with Gasteiger partial charge in [0, 0.05) is 25.6 Å². The second kappa shape index (κ2) is 11.8. The van der Waals surface area contributed by atoms with Crippen molar-refractivity contribution in [2.75, 3.05) is 32.8 Å². The normalized spacial score (nSPS) is 46.4.